The van der Waals surface area contributed by atoms with Crippen LogP contribution in [0.15, 0.2) is 22.6 Å². The first-order valence-electron chi connectivity index (χ1n) is 6.33. The maximum atomic E-state index is 11.0. The maximum Gasteiger partial charge on any atom is 0.358 e. The molecule has 1 heterocycles. The Balaban J connectivity index is 2.50. The van der Waals surface area contributed by atoms with Gasteiger partial charge in [0.2, 0.25) is 5.89 Å². The van der Waals surface area contributed by atoms with E-state index in [4.69, 9.17) is 14.3 Å². The largest absolute Gasteiger partial charge is 0.496 e. The number of methoxy groups -OCH3 is 1. The van der Waals surface area contributed by atoms with Gasteiger partial charge in [-0.2, -0.15) is 0 Å². The van der Waals surface area contributed by atoms with Crippen molar-refractivity contribution < 1.29 is 19.1 Å². The predicted octanol–water partition coefficient (Wildman–Crippen LogP) is 3.48. The van der Waals surface area contributed by atoms with Crippen LogP contribution in [0.3, 0.4) is 0 Å². The topological polar surface area (TPSA) is 72.6 Å². The quantitative estimate of drug-likeness (QED) is 0.924. The molecule has 2 aromatic rings. The van der Waals surface area contributed by atoms with Gasteiger partial charge in [0.05, 0.1) is 7.11 Å². The molecule has 0 radical (unpaired) electrons. The van der Waals surface area contributed by atoms with Crippen molar-refractivity contribution in [1.82, 2.24) is 4.98 Å². The van der Waals surface area contributed by atoms with Crippen LogP contribution >= 0.6 is 0 Å². The zero-order valence-electron chi connectivity index (χ0n) is 11.9. The molecule has 0 saturated carbocycles. The maximum absolute atomic E-state index is 11.0. The van der Waals surface area contributed by atoms with Gasteiger partial charge >= 0.3 is 5.97 Å². The lowest BCUT2D eigenvalue weighted by Gasteiger charge is -2.12. The van der Waals surface area contributed by atoms with E-state index < -0.39 is 5.97 Å². The molecule has 5 heteroatoms. The monoisotopic (exact) mass is 275 g/mol. The Morgan fingerprint density at radius 3 is 2.60 bits per heavy atom. The molecule has 0 amide bonds. The summed E-state index contributed by atoms with van der Waals surface area (Å²) in [7, 11) is 1.62. The van der Waals surface area contributed by atoms with Crippen molar-refractivity contribution in [2.75, 3.05) is 7.11 Å². The van der Waals surface area contributed by atoms with Crippen LogP contribution in [0.25, 0.3) is 11.5 Å². The average molecular weight is 275 g/mol. The van der Waals surface area contributed by atoms with Crippen LogP contribution in [-0.4, -0.2) is 23.2 Å². The number of rotatable bonds is 4. The lowest BCUT2D eigenvalue weighted by molar-refractivity contribution is 0.0689. The third-order valence-corrected chi connectivity index (χ3v) is 3.10. The Bertz CT molecular complexity index is 643. The molecule has 1 aromatic heterocycles. The van der Waals surface area contributed by atoms with Crippen LogP contribution < -0.4 is 4.74 Å². The second-order valence-corrected chi connectivity index (χ2v) is 4.84. The van der Waals surface area contributed by atoms with Gasteiger partial charge in [-0.15, -0.1) is 0 Å². The van der Waals surface area contributed by atoms with Crippen molar-refractivity contribution in [1.29, 1.82) is 0 Å². The minimum absolute atomic E-state index is 0.0538. The number of carboxylic acids is 1. The van der Waals surface area contributed by atoms with Gasteiger partial charge in [-0.25, -0.2) is 9.78 Å². The van der Waals surface area contributed by atoms with Crippen LogP contribution in [-0.2, 0) is 0 Å². The average Bonchev–Trinajstić information content (AvgIpc) is 2.80. The number of carboxylic acid groups (broad SMARTS) is 1. The Hall–Kier alpha value is -2.30. The van der Waals surface area contributed by atoms with E-state index in [0.29, 0.717) is 11.7 Å². The smallest absolute Gasteiger partial charge is 0.358 e. The first-order valence-corrected chi connectivity index (χ1v) is 6.33. The molecule has 0 aliphatic rings. The number of aryl methyl sites for hydroxylation is 1. The highest BCUT2D eigenvalue weighted by molar-refractivity contribution is 5.87. The molecular formula is C15H17NO4. The van der Waals surface area contributed by atoms with Crippen molar-refractivity contribution in [2.45, 2.75) is 26.7 Å². The molecule has 0 fully saturated rings. The zero-order valence-corrected chi connectivity index (χ0v) is 11.9. The van der Waals surface area contributed by atoms with E-state index in [9.17, 15) is 4.79 Å². The molecule has 0 unspecified atom stereocenters. The lowest BCUT2D eigenvalue weighted by Crippen LogP contribution is -1.98. The number of ether oxygens (including phenoxy) is 1. The van der Waals surface area contributed by atoms with E-state index >= 15 is 0 Å². The van der Waals surface area contributed by atoms with E-state index in [2.05, 4.69) is 18.8 Å². The second-order valence-electron chi connectivity index (χ2n) is 4.84. The fourth-order valence-electron chi connectivity index (χ4n) is 2.04. The fourth-order valence-corrected chi connectivity index (χ4v) is 2.04. The highest BCUT2D eigenvalue weighted by atomic mass is 16.5. The van der Waals surface area contributed by atoms with Crippen LogP contribution in [0.4, 0.5) is 0 Å². The zero-order chi connectivity index (χ0) is 14.9. The molecule has 1 N–H and O–H groups in total. The Morgan fingerprint density at radius 1 is 1.40 bits per heavy atom. The Morgan fingerprint density at radius 2 is 2.10 bits per heavy atom. The summed E-state index contributed by atoms with van der Waals surface area (Å²) in [5.41, 5.74) is 1.71. The molecule has 0 atom stereocenters. The van der Waals surface area contributed by atoms with Gasteiger partial charge in [0.25, 0.3) is 0 Å². The minimum Gasteiger partial charge on any atom is -0.496 e. The van der Waals surface area contributed by atoms with Crippen LogP contribution in [0.5, 0.6) is 5.75 Å². The fraction of sp³-hybridized carbons (Fsp3) is 0.333. The van der Waals surface area contributed by atoms with Gasteiger partial charge in [-0.1, -0.05) is 13.8 Å². The summed E-state index contributed by atoms with van der Waals surface area (Å²) in [5, 5.41) is 9.01. The minimum atomic E-state index is -1.09. The molecule has 0 saturated heterocycles. The van der Waals surface area contributed by atoms with E-state index in [1.54, 1.807) is 14.0 Å². The molecular weight excluding hydrogens is 258 g/mol. The highest BCUT2D eigenvalue weighted by Gasteiger charge is 2.18. The van der Waals surface area contributed by atoms with Gasteiger partial charge in [0.1, 0.15) is 11.5 Å². The van der Waals surface area contributed by atoms with Crippen LogP contribution in [0.1, 0.15) is 41.6 Å². The van der Waals surface area contributed by atoms with Crippen molar-refractivity contribution in [3.8, 4) is 17.2 Å². The third kappa shape index (κ3) is 2.52. The molecule has 0 bridgehead atoms. The Labute approximate surface area is 117 Å². The van der Waals surface area contributed by atoms with E-state index in [0.717, 1.165) is 16.9 Å². The number of oxazole rings is 1. The van der Waals surface area contributed by atoms with Crippen LogP contribution in [0, 0.1) is 6.92 Å². The summed E-state index contributed by atoms with van der Waals surface area (Å²) in [6.07, 6.45) is 0. The summed E-state index contributed by atoms with van der Waals surface area (Å²) >= 11 is 0. The van der Waals surface area contributed by atoms with Gasteiger partial charge < -0.3 is 14.3 Å². The first-order chi connectivity index (χ1) is 9.43. The van der Waals surface area contributed by atoms with E-state index in [1.807, 2.05) is 18.2 Å². The number of carbonyl (C=O) groups is 1. The second kappa shape index (κ2) is 5.36. The molecule has 20 heavy (non-hydrogen) atoms. The van der Waals surface area contributed by atoms with Crippen LogP contribution in [0.2, 0.25) is 0 Å². The van der Waals surface area contributed by atoms with Gasteiger partial charge in [-0.3, -0.25) is 0 Å². The predicted molar refractivity (Wildman–Crippen MR) is 74.3 cm³/mol. The summed E-state index contributed by atoms with van der Waals surface area (Å²) in [6.45, 7) is 5.71. The molecule has 2 rings (SSSR count). The molecule has 0 spiro atoms. The molecule has 0 aliphatic carbocycles. The van der Waals surface area contributed by atoms with Crippen molar-refractivity contribution in [3.05, 3.63) is 35.2 Å². The van der Waals surface area contributed by atoms with Crippen molar-refractivity contribution in [3.63, 3.8) is 0 Å². The molecule has 0 aliphatic heterocycles. The summed E-state index contributed by atoms with van der Waals surface area (Å²) < 4.78 is 10.8. The number of hydrogen-bond acceptors (Lipinski definition) is 4. The lowest BCUT2D eigenvalue weighted by atomic mass is 9.99. The third-order valence-electron chi connectivity index (χ3n) is 3.10. The van der Waals surface area contributed by atoms with Gasteiger partial charge in [0.15, 0.2) is 5.69 Å². The van der Waals surface area contributed by atoms with Gasteiger partial charge in [0, 0.05) is 5.56 Å². The SMILES string of the molecule is COc1ccc(-c2nc(C(=O)O)c(C)o2)cc1C(C)C. The molecule has 1 aromatic carbocycles. The highest BCUT2D eigenvalue weighted by Crippen LogP contribution is 2.31. The number of benzene rings is 1. The number of aromatic nitrogens is 1. The number of hydrogen-bond donors (Lipinski definition) is 1. The number of nitrogens with zero attached hydrogens (tertiary/aromatic N) is 1. The van der Waals surface area contributed by atoms with Crippen molar-refractivity contribution in [2.24, 2.45) is 0 Å². The summed E-state index contributed by atoms with van der Waals surface area (Å²) in [6, 6.07) is 5.56. The summed E-state index contributed by atoms with van der Waals surface area (Å²) in [4.78, 5) is 15.0. The van der Waals surface area contributed by atoms with Crippen molar-refractivity contribution >= 4 is 5.97 Å². The normalized spacial score (nSPS) is 10.8. The van der Waals surface area contributed by atoms with E-state index in [-0.39, 0.29) is 11.6 Å². The Kier molecular flexibility index (Phi) is 3.79. The van der Waals surface area contributed by atoms with E-state index in [1.165, 1.54) is 0 Å². The molecule has 106 valence electrons. The standard InChI is InChI=1S/C15H17NO4/c1-8(2)11-7-10(5-6-12(11)19-4)14-16-13(15(17)18)9(3)20-14/h5-8H,1-4H3,(H,17,18). The van der Waals surface area contributed by atoms with Gasteiger partial charge in [-0.05, 0) is 36.6 Å². The molecule has 5 nitrogen and oxygen atoms in total. The summed E-state index contributed by atoms with van der Waals surface area (Å²) in [5.74, 6) is 0.597. The first kappa shape index (κ1) is 14.1. The number of aromatic carboxylic acids is 1.